The van der Waals surface area contributed by atoms with Crippen molar-refractivity contribution in [2.24, 2.45) is 5.92 Å². The van der Waals surface area contributed by atoms with Crippen LogP contribution in [0.25, 0.3) is 11.1 Å². The Labute approximate surface area is 164 Å². The van der Waals surface area contributed by atoms with E-state index in [1.807, 2.05) is 20.8 Å². The molecule has 1 saturated heterocycles. The van der Waals surface area contributed by atoms with Gasteiger partial charge in [0.25, 0.3) is 0 Å². The maximum absolute atomic E-state index is 13.0. The highest BCUT2D eigenvalue weighted by atomic mass is 32.2. The Hall–Kier alpha value is -2.13. The molecule has 0 spiro atoms. The normalized spacial score (nSPS) is 16.7. The average molecular weight is 410 g/mol. The number of carbonyl (C=O) groups excluding carboxylic acids is 1. The second kappa shape index (κ2) is 8.08. The van der Waals surface area contributed by atoms with Crippen LogP contribution < -0.4 is 11.1 Å². The van der Waals surface area contributed by atoms with Gasteiger partial charge < -0.3 is 9.73 Å². The lowest BCUT2D eigenvalue weighted by atomic mass is 9.94. The molecule has 28 heavy (non-hydrogen) atoms. The minimum Gasteiger partial charge on any atom is -0.408 e. The zero-order valence-corrected chi connectivity index (χ0v) is 17.3. The van der Waals surface area contributed by atoms with Crippen LogP contribution in [0.5, 0.6) is 0 Å². The number of piperidine rings is 1. The second-order valence-electron chi connectivity index (χ2n) is 7.52. The Kier molecular flexibility index (Phi) is 5.95. The van der Waals surface area contributed by atoms with Crippen molar-refractivity contribution in [2.75, 3.05) is 13.1 Å². The van der Waals surface area contributed by atoms with Crippen molar-refractivity contribution in [2.45, 2.75) is 57.5 Å². The van der Waals surface area contributed by atoms with Crippen LogP contribution in [-0.2, 0) is 21.4 Å². The molecule has 0 saturated carbocycles. The van der Waals surface area contributed by atoms with Crippen molar-refractivity contribution < 1.29 is 17.6 Å². The summed E-state index contributed by atoms with van der Waals surface area (Å²) in [6, 6.07) is 4.64. The van der Waals surface area contributed by atoms with Crippen molar-refractivity contribution in [3.8, 4) is 0 Å². The largest absolute Gasteiger partial charge is 0.419 e. The number of hydrogen-bond donors (Lipinski definition) is 1. The number of oxazole rings is 1. The third-order valence-electron chi connectivity index (χ3n) is 5.09. The fraction of sp³-hybridized carbons (Fsp3) is 0.579. The highest BCUT2D eigenvalue weighted by Crippen LogP contribution is 2.27. The molecule has 3 rings (SSSR count). The third kappa shape index (κ3) is 4.15. The number of amides is 1. The third-order valence-corrected chi connectivity index (χ3v) is 6.99. The molecule has 1 fully saturated rings. The molecule has 2 heterocycles. The Morgan fingerprint density at radius 2 is 1.96 bits per heavy atom. The molecule has 1 aromatic heterocycles. The van der Waals surface area contributed by atoms with Gasteiger partial charge in [0.2, 0.25) is 15.9 Å². The van der Waals surface area contributed by atoms with Crippen molar-refractivity contribution >= 4 is 27.0 Å². The fourth-order valence-electron chi connectivity index (χ4n) is 3.65. The van der Waals surface area contributed by atoms with Crippen LogP contribution in [0.15, 0.2) is 32.3 Å². The van der Waals surface area contributed by atoms with Gasteiger partial charge in [-0.3, -0.25) is 9.36 Å². The van der Waals surface area contributed by atoms with E-state index in [0.29, 0.717) is 44.4 Å². The van der Waals surface area contributed by atoms with E-state index in [1.165, 1.54) is 21.0 Å². The molecule has 1 amide bonds. The van der Waals surface area contributed by atoms with E-state index < -0.39 is 15.8 Å². The standard InChI is InChI=1S/C19H27N3O5S/c1-4-22-16-6-5-15(12-17(16)27-19(22)24)28(25,26)21-9-7-14(8-10-21)11-18(23)20-13(2)3/h5-6,12-14H,4,7-11H2,1-3H3,(H,20,23). The van der Waals surface area contributed by atoms with Crippen LogP contribution in [0.4, 0.5) is 0 Å². The van der Waals surface area contributed by atoms with Crippen LogP contribution >= 0.6 is 0 Å². The van der Waals surface area contributed by atoms with Gasteiger partial charge in [-0.15, -0.1) is 0 Å². The number of aryl methyl sites for hydroxylation is 1. The summed E-state index contributed by atoms with van der Waals surface area (Å²) in [5.74, 6) is -0.297. The van der Waals surface area contributed by atoms with E-state index in [1.54, 1.807) is 6.07 Å². The van der Waals surface area contributed by atoms with Crippen LogP contribution in [0.2, 0.25) is 0 Å². The Bertz CT molecular complexity index is 1010. The Balaban J connectivity index is 1.71. The van der Waals surface area contributed by atoms with E-state index in [0.717, 1.165) is 0 Å². The number of nitrogens with one attached hydrogen (secondary N) is 1. The lowest BCUT2D eigenvalue weighted by Crippen LogP contribution is -2.40. The molecule has 9 heteroatoms. The molecule has 1 aliphatic rings. The highest BCUT2D eigenvalue weighted by molar-refractivity contribution is 7.89. The van der Waals surface area contributed by atoms with Crippen LogP contribution in [-0.4, -0.2) is 42.3 Å². The number of sulfonamides is 1. The molecule has 0 radical (unpaired) electrons. The smallest absolute Gasteiger partial charge is 0.408 e. The predicted molar refractivity (Wildman–Crippen MR) is 106 cm³/mol. The summed E-state index contributed by atoms with van der Waals surface area (Å²) in [6.45, 7) is 6.86. The van der Waals surface area contributed by atoms with Crippen molar-refractivity contribution in [1.29, 1.82) is 0 Å². The van der Waals surface area contributed by atoms with Gasteiger partial charge in [-0.2, -0.15) is 4.31 Å². The predicted octanol–water partition coefficient (Wildman–Crippen LogP) is 1.93. The number of fused-ring (bicyclic) bond motifs is 1. The average Bonchev–Trinajstić information content (AvgIpc) is 2.95. The molecule has 8 nitrogen and oxygen atoms in total. The summed E-state index contributed by atoms with van der Waals surface area (Å²) in [4.78, 5) is 23.9. The fourth-order valence-corrected chi connectivity index (χ4v) is 5.14. The molecule has 1 aromatic carbocycles. The molecule has 0 bridgehead atoms. The van der Waals surface area contributed by atoms with E-state index in [2.05, 4.69) is 5.32 Å². The summed E-state index contributed by atoms with van der Waals surface area (Å²) < 4.78 is 34.1. The highest BCUT2D eigenvalue weighted by Gasteiger charge is 2.30. The van der Waals surface area contributed by atoms with Gasteiger partial charge in [-0.1, -0.05) is 0 Å². The van der Waals surface area contributed by atoms with Gasteiger partial charge in [-0.25, -0.2) is 13.2 Å². The lowest BCUT2D eigenvalue weighted by Gasteiger charge is -2.31. The second-order valence-corrected chi connectivity index (χ2v) is 9.45. The number of benzene rings is 1. The number of hydrogen-bond acceptors (Lipinski definition) is 5. The maximum Gasteiger partial charge on any atom is 0.419 e. The van der Waals surface area contributed by atoms with Gasteiger partial charge in [0, 0.05) is 38.2 Å². The number of aromatic nitrogens is 1. The monoisotopic (exact) mass is 409 g/mol. The zero-order chi connectivity index (χ0) is 20.5. The van der Waals surface area contributed by atoms with Crippen molar-refractivity contribution in [1.82, 2.24) is 14.2 Å². The molecule has 0 aliphatic carbocycles. The van der Waals surface area contributed by atoms with E-state index in [4.69, 9.17) is 4.42 Å². The van der Waals surface area contributed by atoms with Gasteiger partial charge >= 0.3 is 5.76 Å². The summed E-state index contributed by atoms with van der Waals surface area (Å²) in [5, 5.41) is 2.88. The Morgan fingerprint density at radius 3 is 2.57 bits per heavy atom. The Morgan fingerprint density at radius 1 is 1.29 bits per heavy atom. The van der Waals surface area contributed by atoms with Crippen LogP contribution in [0, 0.1) is 5.92 Å². The molecule has 0 atom stereocenters. The topological polar surface area (TPSA) is 102 Å². The van der Waals surface area contributed by atoms with Gasteiger partial charge in [-0.05, 0) is 51.7 Å². The van der Waals surface area contributed by atoms with Crippen molar-refractivity contribution in [3.05, 3.63) is 28.7 Å². The van der Waals surface area contributed by atoms with Crippen LogP contribution in [0.1, 0.15) is 40.0 Å². The van der Waals surface area contributed by atoms with Gasteiger partial charge in [0.1, 0.15) is 0 Å². The summed E-state index contributed by atoms with van der Waals surface area (Å²) in [5.41, 5.74) is 0.856. The van der Waals surface area contributed by atoms with E-state index in [-0.39, 0.29) is 28.3 Å². The minimum atomic E-state index is -3.67. The SMILES string of the molecule is CCn1c(=O)oc2cc(S(=O)(=O)N3CCC(CC(=O)NC(C)C)CC3)ccc21. The van der Waals surface area contributed by atoms with Gasteiger partial charge in [0.05, 0.1) is 10.4 Å². The van der Waals surface area contributed by atoms with E-state index in [9.17, 15) is 18.0 Å². The molecule has 1 N–H and O–H groups in total. The summed E-state index contributed by atoms with van der Waals surface area (Å²) in [7, 11) is -3.67. The summed E-state index contributed by atoms with van der Waals surface area (Å²) in [6.07, 6.45) is 1.72. The number of carbonyl (C=O) groups is 1. The first-order chi connectivity index (χ1) is 13.2. The lowest BCUT2D eigenvalue weighted by molar-refractivity contribution is -0.122. The summed E-state index contributed by atoms with van der Waals surface area (Å²) >= 11 is 0. The molecular formula is C19H27N3O5S. The first-order valence-electron chi connectivity index (χ1n) is 9.65. The molecule has 1 aliphatic heterocycles. The van der Waals surface area contributed by atoms with Crippen LogP contribution in [0.3, 0.4) is 0 Å². The zero-order valence-electron chi connectivity index (χ0n) is 16.5. The van der Waals surface area contributed by atoms with Gasteiger partial charge in [0.15, 0.2) is 5.58 Å². The van der Waals surface area contributed by atoms with E-state index >= 15 is 0 Å². The molecule has 154 valence electrons. The quantitative estimate of drug-likeness (QED) is 0.785. The van der Waals surface area contributed by atoms with Crippen molar-refractivity contribution in [3.63, 3.8) is 0 Å². The number of rotatable bonds is 6. The minimum absolute atomic E-state index is 0.0113. The first kappa shape index (κ1) is 20.6. The first-order valence-corrected chi connectivity index (χ1v) is 11.1. The molecule has 0 unspecified atom stereocenters. The molecular weight excluding hydrogens is 382 g/mol. The maximum atomic E-state index is 13.0. The molecule has 2 aromatic rings. The number of nitrogens with zero attached hydrogens (tertiary/aromatic N) is 2.